The van der Waals surface area contributed by atoms with Crippen molar-refractivity contribution >= 4 is 0 Å². The maximum absolute atomic E-state index is 11.8. The SMILES string of the molecule is FC(F)(F)CNCc1nc(CCOCC(F)(F)F)no1. The summed E-state index contributed by atoms with van der Waals surface area (Å²) in [6.45, 7) is -3.14. The first-order valence-electron chi connectivity index (χ1n) is 5.39. The average Bonchev–Trinajstić information content (AvgIpc) is 2.69. The molecule has 0 saturated heterocycles. The zero-order valence-electron chi connectivity index (χ0n) is 10.0. The van der Waals surface area contributed by atoms with Gasteiger partial charge in [0.1, 0.15) is 6.61 Å². The summed E-state index contributed by atoms with van der Waals surface area (Å²) in [5.74, 6) is -0.0175. The second kappa shape index (κ2) is 6.88. The Morgan fingerprint density at radius 2 is 1.80 bits per heavy atom. The molecule has 0 atom stereocenters. The zero-order chi connectivity index (χ0) is 15.2. The first kappa shape index (κ1) is 16.7. The minimum atomic E-state index is -4.41. The smallest absolute Gasteiger partial charge is 0.372 e. The van der Waals surface area contributed by atoms with Gasteiger partial charge in [-0.1, -0.05) is 5.16 Å². The number of rotatable bonds is 7. The van der Waals surface area contributed by atoms with Crippen LogP contribution in [0.4, 0.5) is 26.3 Å². The number of halogens is 6. The van der Waals surface area contributed by atoms with Crippen molar-refractivity contribution in [3.63, 3.8) is 0 Å². The molecule has 0 aliphatic carbocycles. The Kier molecular flexibility index (Phi) is 5.74. The zero-order valence-corrected chi connectivity index (χ0v) is 10.0. The summed E-state index contributed by atoms with van der Waals surface area (Å²) in [6.07, 6.45) is -8.79. The van der Waals surface area contributed by atoms with E-state index in [1.165, 1.54) is 0 Å². The molecule has 0 aliphatic rings. The van der Waals surface area contributed by atoms with Gasteiger partial charge in [-0.2, -0.15) is 31.3 Å². The summed E-state index contributed by atoms with van der Waals surface area (Å²) in [7, 11) is 0. The van der Waals surface area contributed by atoms with E-state index < -0.39 is 25.5 Å². The van der Waals surface area contributed by atoms with Crippen molar-refractivity contribution in [3.8, 4) is 0 Å². The quantitative estimate of drug-likeness (QED) is 0.615. The third-order valence-corrected chi connectivity index (χ3v) is 1.85. The molecular formula is C9H11F6N3O2. The number of hydrogen-bond acceptors (Lipinski definition) is 5. The first-order chi connectivity index (χ1) is 9.16. The van der Waals surface area contributed by atoms with E-state index in [1.807, 2.05) is 5.32 Å². The highest BCUT2D eigenvalue weighted by Crippen LogP contribution is 2.14. The highest BCUT2D eigenvalue weighted by atomic mass is 19.4. The summed E-state index contributed by atoms with van der Waals surface area (Å²) in [6, 6.07) is 0. The second-order valence-electron chi connectivity index (χ2n) is 3.74. The second-order valence-corrected chi connectivity index (χ2v) is 3.74. The van der Waals surface area contributed by atoms with Gasteiger partial charge in [0.05, 0.1) is 19.7 Å². The molecule has 0 fully saturated rings. The van der Waals surface area contributed by atoms with Gasteiger partial charge < -0.3 is 14.6 Å². The van der Waals surface area contributed by atoms with E-state index in [9.17, 15) is 26.3 Å². The highest BCUT2D eigenvalue weighted by molar-refractivity contribution is 4.86. The average molecular weight is 307 g/mol. The molecule has 0 unspecified atom stereocenters. The van der Waals surface area contributed by atoms with Gasteiger partial charge in [0.2, 0.25) is 5.89 Å². The number of alkyl halides is 6. The van der Waals surface area contributed by atoms with Crippen molar-refractivity contribution in [2.24, 2.45) is 0 Å². The van der Waals surface area contributed by atoms with Gasteiger partial charge in [-0.05, 0) is 0 Å². The van der Waals surface area contributed by atoms with E-state index in [-0.39, 0.29) is 31.3 Å². The lowest BCUT2D eigenvalue weighted by atomic mass is 10.4. The molecule has 5 nitrogen and oxygen atoms in total. The maximum atomic E-state index is 11.8. The molecule has 0 aliphatic heterocycles. The Morgan fingerprint density at radius 1 is 1.10 bits per heavy atom. The van der Waals surface area contributed by atoms with Gasteiger partial charge in [-0.15, -0.1) is 0 Å². The van der Waals surface area contributed by atoms with Crippen molar-refractivity contribution in [3.05, 3.63) is 11.7 Å². The van der Waals surface area contributed by atoms with Crippen LogP contribution in [-0.4, -0.2) is 42.3 Å². The van der Waals surface area contributed by atoms with Crippen LogP contribution in [0.15, 0.2) is 4.52 Å². The third kappa shape index (κ3) is 7.94. The van der Waals surface area contributed by atoms with Crippen molar-refractivity contribution < 1.29 is 35.6 Å². The van der Waals surface area contributed by atoms with E-state index in [2.05, 4.69) is 19.4 Å². The van der Waals surface area contributed by atoms with Crippen molar-refractivity contribution in [2.45, 2.75) is 25.3 Å². The highest BCUT2D eigenvalue weighted by Gasteiger charge is 2.27. The van der Waals surface area contributed by atoms with E-state index in [0.717, 1.165) is 0 Å². The van der Waals surface area contributed by atoms with Gasteiger partial charge in [0.25, 0.3) is 0 Å². The Labute approximate surface area is 109 Å². The predicted molar refractivity (Wildman–Crippen MR) is 52.6 cm³/mol. The van der Waals surface area contributed by atoms with Gasteiger partial charge >= 0.3 is 12.4 Å². The molecule has 1 heterocycles. The van der Waals surface area contributed by atoms with Crippen LogP contribution in [0.5, 0.6) is 0 Å². The molecule has 0 radical (unpaired) electrons. The van der Waals surface area contributed by atoms with Crippen LogP contribution in [0, 0.1) is 0 Å². The van der Waals surface area contributed by atoms with Gasteiger partial charge in [0.15, 0.2) is 5.82 Å². The molecule has 116 valence electrons. The monoisotopic (exact) mass is 307 g/mol. The molecule has 20 heavy (non-hydrogen) atoms. The largest absolute Gasteiger partial charge is 0.411 e. The topological polar surface area (TPSA) is 60.2 Å². The fraction of sp³-hybridized carbons (Fsp3) is 0.778. The van der Waals surface area contributed by atoms with Crippen LogP contribution in [0.25, 0.3) is 0 Å². The Hall–Kier alpha value is -1.36. The van der Waals surface area contributed by atoms with E-state index in [1.54, 1.807) is 0 Å². The molecule has 0 bridgehead atoms. The maximum Gasteiger partial charge on any atom is 0.411 e. The number of nitrogens with one attached hydrogen (secondary N) is 1. The van der Waals surface area contributed by atoms with Crippen molar-refractivity contribution in [2.75, 3.05) is 19.8 Å². The summed E-state index contributed by atoms with van der Waals surface area (Å²) in [5, 5.41) is 5.44. The lowest BCUT2D eigenvalue weighted by Gasteiger charge is -2.05. The molecule has 11 heteroatoms. The van der Waals surface area contributed by atoms with Gasteiger partial charge in [-0.3, -0.25) is 0 Å². The number of hydrogen-bond donors (Lipinski definition) is 1. The van der Waals surface area contributed by atoms with Crippen LogP contribution >= 0.6 is 0 Å². The molecule has 0 aromatic carbocycles. The first-order valence-corrected chi connectivity index (χ1v) is 5.39. The molecule has 1 N–H and O–H groups in total. The van der Waals surface area contributed by atoms with E-state index in [0.29, 0.717) is 0 Å². The molecular weight excluding hydrogens is 296 g/mol. The van der Waals surface area contributed by atoms with Gasteiger partial charge in [0, 0.05) is 6.42 Å². The standard InChI is InChI=1S/C9H11F6N3O2/c10-8(11,12)4-16-3-7-17-6(18-20-7)1-2-19-5-9(13,14)15/h16H,1-5H2. The van der Waals surface area contributed by atoms with Crippen LogP contribution in [0.2, 0.25) is 0 Å². The van der Waals surface area contributed by atoms with E-state index >= 15 is 0 Å². The number of nitrogens with zero attached hydrogens (tertiary/aromatic N) is 2. The Balaban J connectivity index is 2.22. The summed E-state index contributed by atoms with van der Waals surface area (Å²) in [4.78, 5) is 3.69. The third-order valence-electron chi connectivity index (χ3n) is 1.85. The van der Waals surface area contributed by atoms with Crippen LogP contribution in [0.3, 0.4) is 0 Å². The fourth-order valence-corrected chi connectivity index (χ4v) is 1.13. The normalized spacial score (nSPS) is 12.9. The Bertz CT molecular complexity index is 403. The van der Waals surface area contributed by atoms with Crippen molar-refractivity contribution in [1.29, 1.82) is 0 Å². The molecule has 1 rings (SSSR count). The molecule has 0 spiro atoms. The Morgan fingerprint density at radius 3 is 2.40 bits per heavy atom. The van der Waals surface area contributed by atoms with Crippen LogP contribution in [-0.2, 0) is 17.7 Å². The summed E-state index contributed by atoms with van der Waals surface area (Å²) >= 11 is 0. The number of aromatic nitrogens is 2. The minimum Gasteiger partial charge on any atom is -0.372 e. The van der Waals surface area contributed by atoms with Crippen LogP contribution < -0.4 is 5.32 Å². The van der Waals surface area contributed by atoms with Crippen molar-refractivity contribution in [1.82, 2.24) is 15.5 Å². The number of ether oxygens (including phenoxy) is 1. The lowest BCUT2D eigenvalue weighted by molar-refractivity contribution is -0.173. The lowest BCUT2D eigenvalue weighted by Crippen LogP contribution is -2.28. The molecule has 1 aromatic rings. The fourth-order valence-electron chi connectivity index (χ4n) is 1.13. The van der Waals surface area contributed by atoms with E-state index in [4.69, 9.17) is 0 Å². The predicted octanol–water partition coefficient (Wildman–Crippen LogP) is 1.84. The molecule has 0 saturated carbocycles. The molecule has 1 aromatic heterocycles. The molecule has 0 amide bonds. The summed E-state index contributed by atoms with van der Waals surface area (Å²) in [5.41, 5.74) is 0. The minimum absolute atomic E-state index is 0.0289. The summed E-state index contributed by atoms with van der Waals surface area (Å²) < 4.78 is 79.7. The van der Waals surface area contributed by atoms with Crippen LogP contribution in [0.1, 0.15) is 11.7 Å². The van der Waals surface area contributed by atoms with Gasteiger partial charge in [-0.25, -0.2) is 0 Å².